The van der Waals surface area contributed by atoms with E-state index in [4.69, 9.17) is 4.74 Å². The SMILES string of the molecule is CCN1CCN(C(=O)Cc2csc(COc3ccc(C)nc3)n2)CC1. The Kier molecular flexibility index (Phi) is 5.99. The third-order valence-corrected chi connectivity index (χ3v) is 5.22. The fourth-order valence-corrected chi connectivity index (χ4v) is 3.47. The van der Waals surface area contributed by atoms with Crippen LogP contribution in [0.1, 0.15) is 23.3 Å². The fraction of sp³-hybridized carbons (Fsp3) is 0.500. The van der Waals surface area contributed by atoms with Gasteiger partial charge in [0, 0.05) is 37.3 Å². The fourth-order valence-electron chi connectivity index (χ4n) is 2.76. The third kappa shape index (κ3) is 4.99. The highest BCUT2D eigenvalue weighted by molar-refractivity contribution is 7.09. The van der Waals surface area contributed by atoms with E-state index in [-0.39, 0.29) is 5.91 Å². The maximum absolute atomic E-state index is 12.4. The van der Waals surface area contributed by atoms with Gasteiger partial charge in [0.05, 0.1) is 18.3 Å². The Morgan fingerprint density at radius 2 is 2.08 bits per heavy atom. The molecule has 0 aliphatic carbocycles. The van der Waals surface area contributed by atoms with Crippen molar-refractivity contribution in [1.29, 1.82) is 0 Å². The minimum Gasteiger partial charge on any atom is -0.485 e. The molecule has 6 nitrogen and oxygen atoms in total. The van der Waals surface area contributed by atoms with Crippen LogP contribution in [0.25, 0.3) is 0 Å². The summed E-state index contributed by atoms with van der Waals surface area (Å²) >= 11 is 1.53. The molecule has 0 N–H and O–H groups in total. The van der Waals surface area contributed by atoms with Crippen LogP contribution in [-0.2, 0) is 17.8 Å². The molecule has 1 aliphatic heterocycles. The summed E-state index contributed by atoms with van der Waals surface area (Å²) in [5.41, 5.74) is 1.79. The number of amides is 1. The zero-order chi connectivity index (χ0) is 17.6. The van der Waals surface area contributed by atoms with Gasteiger partial charge in [0.15, 0.2) is 0 Å². The summed E-state index contributed by atoms with van der Waals surface area (Å²) < 4.78 is 5.69. The van der Waals surface area contributed by atoms with Gasteiger partial charge >= 0.3 is 0 Å². The Labute approximate surface area is 152 Å². The maximum atomic E-state index is 12.4. The van der Waals surface area contributed by atoms with Crippen LogP contribution < -0.4 is 4.74 Å². The summed E-state index contributed by atoms with van der Waals surface area (Å²) in [5, 5.41) is 2.82. The van der Waals surface area contributed by atoms with Crippen molar-refractivity contribution in [2.24, 2.45) is 0 Å². The molecule has 0 bridgehead atoms. The van der Waals surface area contributed by atoms with Crippen LogP contribution in [0, 0.1) is 6.92 Å². The van der Waals surface area contributed by atoms with Crippen molar-refractivity contribution in [1.82, 2.24) is 19.8 Å². The van der Waals surface area contributed by atoms with Gasteiger partial charge in [-0.15, -0.1) is 11.3 Å². The second kappa shape index (κ2) is 8.40. The van der Waals surface area contributed by atoms with Crippen LogP contribution in [-0.4, -0.2) is 58.4 Å². The van der Waals surface area contributed by atoms with E-state index in [0.29, 0.717) is 13.0 Å². The molecule has 0 radical (unpaired) electrons. The van der Waals surface area contributed by atoms with Crippen LogP contribution in [0.3, 0.4) is 0 Å². The maximum Gasteiger partial charge on any atom is 0.228 e. The van der Waals surface area contributed by atoms with Crippen molar-refractivity contribution >= 4 is 17.2 Å². The summed E-state index contributed by atoms with van der Waals surface area (Å²) in [6.07, 6.45) is 2.08. The van der Waals surface area contributed by atoms with E-state index in [0.717, 1.165) is 54.9 Å². The highest BCUT2D eigenvalue weighted by Gasteiger charge is 2.21. The minimum absolute atomic E-state index is 0.163. The molecule has 134 valence electrons. The summed E-state index contributed by atoms with van der Waals surface area (Å²) in [4.78, 5) is 25.5. The number of nitrogens with zero attached hydrogens (tertiary/aromatic N) is 4. The number of carbonyl (C=O) groups excluding carboxylic acids is 1. The quantitative estimate of drug-likeness (QED) is 0.790. The Morgan fingerprint density at radius 3 is 2.76 bits per heavy atom. The summed E-state index contributed by atoms with van der Waals surface area (Å²) in [5.74, 6) is 0.892. The van der Waals surface area contributed by atoms with E-state index in [1.54, 1.807) is 6.20 Å². The molecule has 0 saturated carbocycles. The van der Waals surface area contributed by atoms with E-state index in [2.05, 4.69) is 21.8 Å². The lowest BCUT2D eigenvalue weighted by Crippen LogP contribution is -2.48. The normalized spacial score (nSPS) is 15.4. The number of aryl methyl sites for hydroxylation is 1. The van der Waals surface area contributed by atoms with Gasteiger partial charge in [0.25, 0.3) is 0 Å². The van der Waals surface area contributed by atoms with Crippen LogP contribution >= 0.6 is 11.3 Å². The first-order valence-electron chi connectivity index (χ1n) is 8.63. The largest absolute Gasteiger partial charge is 0.485 e. The van der Waals surface area contributed by atoms with Crippen molar-refractivity contribution in [2.45, 2.75) is 26.9 Å². The molecular formula is C18H24N4O2S. The molecular weight excluding hydrogens is 336 g/mol. The summed E-state index contributed by atoms with van der Waals surface area (Å²) in [7, 11) is 0. The number of rotatable bonds is 6. The zero-order valence-corrected chi connectivity index (χ0v) is 15.6. The van der Waals surface area contributed by atoms with Crippen molar-refractivity contribution in [3.63, 3.8) is 0 Å². The van der Waals surface area contributed by atoms with Crippen LogP contribution in [0.5, 0.6) is 5.75 Å². The molecule has 0 atom stereocenters. The molecule has 0 aromatic carbocycles. The molecule has 0 spiro atoms. The Bertz CT molecular complexity index is 693. The highest BCUT2D eigenvalue weighted by atomic mass is 32.1. The van der Waals surface area contributed by atoms with Crippen LogP contribution in [0.4, 0.5) is 0 Å². The number of hydrogen-bond acceptors (Lipinski definition) is 6. The minimum atomic E-state index is 0.163. The highest BCUT2D eigenvalue weighted by Crippen LogP contribution is 2.16. The first-order valence-corrected chi connectivity index (χ1v) is 9.51. The molecule has 25 heavy (non-hydrogen) atoms. The van der Waals surface area contributed by atoms with Crippen molar-refractivity contribution in [3.05, 3.63) is 40.1 Å². The molecule has 1 saturated heterocycles. The summed E-state index contributed by atoms with van der Waals surface area (Å²) in [6, 6.07) is 3.82. The van der Waals surface area contributed by atoms with Gasteiger partial charge in [-0.25, -0.2) is 4.98 Å². The molecule has 3 rings (SSSR count). The Morgan fingerprint density at radius 1 is 1.28 bits per heavy atom. The molecule has 1 fully saturated rings. The number of pyridine rings is 1. The lowest BCUT2D eigenvalue weighted by Gasteiger charge is -2.34. The number of carbonyl (C=O) groups is 1. The predicted octanol–water partition coefficient (Wildman–Crippen LogP) is 2.13. The van der Waals surface area contributed by atoms with Crippen molar-refractivity contribution in [2.75, 3.05) is 32.7 Å². The summed E-state index contributed by atoms with van der Waals surface area (Å²) in [6.45, 7) is 9.10. The van der Waals surface area contributed by atoms with Gasteiger partial charge in [-0.2, -0.15) is 0 Å². The number of aromatic nitrogens is 2. The zero-order valence-electron chi connectivity index (χ0n) is 14.8. The van der Waals surface area contributed by atoms with Gasteiger partial charge < -0.3 is 14.5 Å². The van der Waals surface area contributed by atoms with Crippen LogP contribution in [0.2, 0.25) is 0 Å². The van der Waals surface area contributed by atoms with Gasteiger partial charge in [-0.1, -0.05) is 6.92 Å². The second-order valence-corrected chi connectivity index (χ2v) is 7.09. The number of likely N-dealkylation sites (N-methyl/N-ethyl adjacent to an activating group) is 1. The Balaban J connectivity index is 1.48. The van der Waals surface area contributed by atoms with Crippen molar-refractivity contribution < 1.29 is 9.53 Å². The molecule has 3 heterocycles. The molecule has 2 aromatic heterocycles. The Hall–Kier alpha value is -1.99. The van der Waals surface area contributed by atoms with E-state index in [9.17, 15) is 4.79 Å². The van der Waals surface area contributed by atoms with Gasteiger partial charge in [0.2, 0.25) is 5.91 Å². The van der Waals surface area contributed by atoms with Gasteiger partial charge in [0.1, 0.15) is 17.4 Å². The first kappa shape index (κ1) is 17.8. The lowest BCUT2D eigenvalue weighted by atomic mass is 10.2. The monoisotopic (exact) mass is 360 g/mol. The number of ether oxygens (including phenoxy) is 1. The topological polar surface area (TPSA) is 58.6 Å². The molecule has 1 amide bonds. The van der Waals surface area contributed by atoms with E-state index < -0.39 is 0 Å². The number of thiazole rings is 1. The van der Waals surface area contributed by atoms with Crippen LogP contribution in [0.15, 0.2) is 23.7 Å². The van der Waals surface area contributed by atoms with Gasteiger partial charge in [-0.3, -0.25) is 9.78 Å². The molecule has 1 aliphatic rings. The first-order chi connectivity index (χ1) is 12.1. The smallest absolute Gasteiger partial charge is 0.228 e. The lowest BCUT2D eigenvalue weighted by molar-refractivity contribution is -0.132. The second-order valence-electron chi connectivity index (χ2n) is 6.15. The third-order valence-electron chi connectivity index (χ3n) is 4.35. The standard InChI is InChI=1S/C18H24N4O2S/c1-3-21-6-8-22(9-7-21)18(23)10-15-13-25-17(20-15)12-24-16-5-4-14(2)19-11-16/h4-5,11,13H,3,6-10,12H2,1-2H3. The van der Waals surface area contributed by atoms with E-state index in [1.165, 1.54) is 11.3 Å². The molecule has 7 heteroatoms. The van der Waals surface area contributed by atoms with Gasteiger partial charge in [-0.05, 0) is 25.6 Å². The average molecular weight is 360 g/mol. The average Bonchev–Trinajstić information content (AvgIpc) is 3.08. The number of piperazine rings is 1. The van der Waals surface area contributed by atoms with E-state index >= 15 is 0 Å². The van der Waals surface area contributed by atoms with Crippen molar-refractivity contribution in [3.8, 4) is 5.75 Å². The number of hydrogen-bond donors (Lipinski definition) is 0. The molecule has 2 aromatic rings. The molecule has 0 unspecified atom stereocenters. The van der Waals surface area contributed by atoms with E-state index in [1.807, 2.05) is 29.3 Å². The predicted molar refractivity (Wildman–Crippen MR) is 97.8 cm³/mol.